The number of benzene rings is 8. The van der Waals surface area contributed by atoms with Crippen LogP contribution in [0.5, 0.6) is 0 Å². The molecule has 11 rings (SSSR count). The van der Waals surface area contributed by atoms with Crippen LogP contribution in [-0.2, 0) is 0 Å². The van der Waals surface area contributed by atoms with E-state index in [1.165, 1.54) is 31.3 Å². The molecule has 0 fully saturated rings. The Morgan fingerprint density at radius 1 is 0.452 bits per heavy atom. The molecule has 292 valence electrons. The van der Waals surface area contributed by atoms with Crippen molar-refractivity contribution >= 4 is 60.3 Å². The van der Waals surface area contributed by atoms with Crippen molar-refractivity contribution in [2.24, 2.45) is 0 Å². The Balaban J connectivity index is 1.01. The molecule has 0 spiro atoms. The zero-order valence-electron chi connectivity index (χ0n) is 33.6. The summed E-state index contributed by atoms with van der Waals surface area (Å²) in [5.74, 6) is 0.665. The molecule has 1 aliphatic rings. The Hall–Kier alpha value is -7.99. The molecule has 0 saturated heterocycles. The van der Waals surface area contributed by atoms with Crippen LogP contribution in [0.15, 0.2) is 212 Å². The average molecular weight is 811 g/mol. The summed E-state index contributed by atoms with van der Waals surface area (Å²) < 4.78 is 2.59. The van der Waals surface area contributed by atoms with E-state index in [1.807, 2.05) is 65.9 Å². The van der Waals surface area contributed by atoms with Gasteiger partial charge in [-0.3, -0.25) is 5.41 Å². The highest BCUT2D eigenvalue weighted by Crippen LogP contribution is 2.41. The molecule has 5 heteroatoms. The number of fused-ring (bicyclic) bond motifs is 4. The second-order valence-corrected chi connectivity index (χ2v) is 16.5. The van der Waals surface area contributed by atoms with Crippen molar-refractivity contribution in [3.05, 3.63) is 240 Å². The number of hydrogen-bond donors (Lipinski definition) is 2. The zero-order chi connectivity index (χ0) is 41.4. The van der Waals surface area contributed by atoms with E-state index in [2.05, 4.69) is 169 Å². The van der Waals surface area contributed by atoms with E-state index in [4.69, 9.17) is 9.97 Å². The molecule has 0 saturated carbocycles. The minimum atomic E-state index is 0.438. The lowest BCUT2D eigenvalue weighted by Crippen LogP contribution is -2.20. The van der Waals surface area contributed by atoms with Gasteiger partial charge in [-0.15, -0.1) is 11.3 Å². The summed E-state index contributed by atoms with van der Waals surface area (Å²) in [6.07, 6.45) is 2.19. The second kappa shape index (κ2) is 15.9. The summed E-state index contributed by atoms with van der Waals surface area (Å²) in [4.78, 5) is 10.3. The van der Waals surface area contributed by atoms with Crippen LogP contribution in [0.3, 0.4) is 0 Å². The average Bonchev–Trinajstić information content (AvgIpc) is 3.74. The first-order valence-corrected chi connectivity index (χ1v) is 21.5. The number of rotatable bonds is 8. The maximum Gasteiger partial charge on any atom is 0.160 e. The highest BCUT2D eigenvalue weighted by Gasteiger charge is 2.24. The minimum Gasteiger partial charge on any atom is -0.354 e. The van der Waals surface area contributed by atoms with Gasteiger partial charge in [-0.1, -0.05) is 194 Å². The molecular formula is C57H38N4S. The molecule has 0 atom stereocenters. The lowest BCUT2D eigenvalue weighted by atomic mass is 9.87. The van der Waals surface area contributed by atoms with Gasteiger partial charge in [-0.25, -0.2) is 9.97 Å². The van der Waals surface area contributed by atoms with Gasteiger partial charge in [-0.2, -0.15) is 0 Å². The van der Waals surface area contributed by atoms with Gasteiger partial charge in [0.25, 0.3) is 0 Å². The molecule has 4 nitrogen and oxygen atoms in total. The third-order valence-electron chi connectivity index (χ3n) is 11.6. The van der Waals surface area contributed by atoms with Gasteiger partial charge in [0.05, 0.1) is 22.8 Å². The lowest BCUT2D eigenvalue weighted by Gasteiger charge is -2.26. The summed E-state index contributed by atoms with van der Waals surface area (Å²) >= 11 is 1.84. The Kier molecular flexibility index (Phi) is 9.49. The molecule has 0 aliphatic carbocycles. The summed E-state index contributed by atoms with van der Waals surface area (Å²) in [7, 11) is 0. The van der Waals surface area contributed by atoms with Crippen molar-refractivity contribution in [2.75, 3.05) is 0 Å². The van der Waals surface area contributed by atoms with Crippen LogP contribution in [-0.4, -0.2) is 15.7 Å². The quantitative estimate of drug-likeness (QED) is 0.150. The molecule has 3 heterocycles. The van der Waals surface area contributed by atoms with Gasteiger partial charge in [-0.05, 0) is 52.1 Å². The molecule has 62 heavy (non-hydrogen) atoms. The molecular weight excluding hydrogens is 773 g/mol. The Bertz CT molecular complexity index is 3350. The van der Waals surface area contributed by atoms with Crippen molar-refractivity contribution in [1.82, 2.24) is 15.3 Å². The first-order chi connectivity index (χ1) is 30.6. The number of nitrogens with zero attached hydrogens (tertiary/aromatic N) is 2. The van der Waals surface area contributed by atoms with E-state index >= 15 is 0 Å². The lowest BCUT2D eigenvalue weighted by molar-refractivity contribution is 1.18. The molecule has 0 amide bonds. The standard InChI is InChI=1S/C57H38N4S/c58-55(42-17-6-2-7-18-42)53(56-46-22-11-10-21-44(46)35-48(59-56)38-15-4-1-5-16-38)41-33-31-40(32-34-41)50-36-49(60-57(61-50)43-19-8-3-9-20-43)39-29-27-37(28-30-39)45-24-14-26-52-54(45)47-23-12-13-25-51(47)62-52/h1-36,58-59H/b56-53-,58-55?. The van der Waals surface area contributed by atoms with Gasteiger partial charge in [0.1, 0.15) is 0 Å². The number of thiophene rings is 1. The maximum atomic E-state index is 9.74. The van der Waals surface area contributed by atoms with Gasteiger partial charge in [0.15, 0.2) is 5.82 Å². The van der Waals surface area contributed by atoms with Gasteiger partial charge < -0.3 is 5.32 Å². The van der Waals surface area contributed by atoms with Crippen LogP contribution >= 0.6 is 11.3 Å². The van der Waals surface area contributed by atoms with Crippen LogP contribution < -0.4 is 5.32 Å². The van der Waals surface area contributed by atoms with Crippen molar-refractivity contribution < 1.29 is 0 Å². The van der Waals surface area contributed by atoms with E-state index < -0.39 is 0 Å². The van der Waals surface area contributed by atoms with E-state index in [9.17, 15) is 5.41 Å². The van der Waals surface area contributed by atoms with Gasteiger partial charge in [0.2, 0.25) is 0 Å². The minimum absolute atomic E-state index is 0.438. The van der Waals surface area contributed by atoms with Crippen LogP contribution in [0.2, 0.25) is 0 Å². The van der Waals surface area contributed by atoms with E-state index in [0.29, 0.717) is 11.5 Å². The van der Waals surface area contributed by atoms with Gasteiger partial charge >= 0.3 is 0 Å². The van der Waals surface area contributed by atoms with Gasteiger partial charge in [0, 0.05) is 59.3 Å². The summed E-state index contributed by atoms with van der Waals surface area (Å²) in [6, 6.07) is 73.5. The van der Waals surface area contributed by atoms with Crippen LogP contribution in [0.4, 0.5) is 0 Å². The monoisotopic (exact) mass is 810 g/mol. The Labute approximate surface area is 364 Å². The molecule has 0 radical (unpaired) electrons. The smallest absolute Gasteiger partial charge is 0.160 e. The summed E-state index contributed by atoms with van der Waals surface area (Å²) in [6.45, 7) is 0. The Morgan fingerprint density at radius 3 is 1.74 bits per heavy atom. The van der Waals surface area contributed by atoms with Crippen molar-refractivity contribution in [3.8, 4) is 45.0 Å². The summed E-state index contributed by atoms with van der Waals surface area (Å²) in [5, 5.41) is 16.1. The fourth-order valence-corrected chi connectivity index (χ4v) is 9.61. The molecule has 2 N–H and O–H groups in total. The molecule has 0 unspecified atom stereocenters. The fraction of sp³-hybridized carbons (Fsp3) is 0. The maximum absolute atomic E-state index is 9.74. The molecule has 0 bridgehead atoms. The molecule has 1 aliphatic heterocycles. The fourth-order valence-electron chi connectivity index (χ4n) is 8.48. The van der Waals surface area contributed by atoms with Crippen molar-refractivity contribution in [1.29, 1.82) is 5.41 Å². The topological polar surface area (TPSA) is 61.7 Å². The third kappa shape index (κ3) is 6.90. The van der Waals surface area contributed by atoms with Crippen LogP contribution in [0.1, 0.15) is 27.8 Å². The van der Waals surface area contributed by atoms with E-state index in [0.717, 1.165) is 72.9 Å². The SMILES string of the molecule is N=C(/C(=C1\NC(c2ccccc2)=Cc2ccccc21)c1ccc(-c2cc(-c3ccc(-c4cccc5sc6ccccc6c45)cc3)nc(-c3ccccc3)n2)cc1)c1ccccc1. The molecule has 10 aromatic rings. The summed E-state index contributed by atoms with van der Waals surface area (Å²) in [5.41, 5.74) is 15.1. The predicted molar refractivity (Wildman–Crippen MR) is 261 cm³/mol. The van der Waals surface area contributed by atoms with Crippen molar-refractivity contribution in [2.45, 2.75) is 0 Å². The number of allylic oxidation sites excluding steroid dienone is 1. The largest absolute Gasteiger partial charge is 0.354 e. The molecule has 2 aromatic heterocycles. The first-order valence-electron chi connectivity index (χ1n) is 20.7. The number of aromatic nitrogens is 2. The first kappa shape index (κ1) is 37.0. The highest BCUT2D eigenvalue weighted by atomic mass is 32.1. The third-order valence-corrected chi connectivity index (χ3v) is 12.7. The normalized spacial score (nSPS) is 13.0. The van der Waals surface area contributed by atoms with Crippen LogP contribution in [0.25, 0.3) is 88.2 Å². The van der Waals surface area contributed by atoms with Crippen molar-refractivity contribution in [3.63, 3.8) is 0 Å². The Morgan fingerprint density at radius 2 is 1.02 bits per heavy atom. The zero-order valence-corrected chi connectivity index (χ0v) is 34.4. The molecule has 8 aromatic carbocycles. The van der Waals surface area contributed by atoms with E-state index in [-0.39, 0.29) is 0 Å². The predicted octanol–water partition coefficient (Wildman–Crippen LogP) is 14.6. The number of nitrogens with one attached hydrogen (secondary N) is 2. The second-order valence-electron chi connectivity index (χ2n) is 15.4. The number of hydrogen-bond acceptors (Lipinski definition) is 5. The highest BCUT2D eigenvalue weighted by molar-refractivity contribution is 7.25. The van der Waals surface area contributed by atoms with Crippen LogP contribution in [0, 0.1) is 5.41 Å². The van der Waals surface area contributed by atoms with E-state index in [1.54, 1.807) is 0 Å².